The number of hydrogen-bond donors (Lipinski definition) is 1. The van der Waals surface area contributed by atoms with Gasteiger partial charge in [-0.25, -0.2) is 4.42 Å². The molecule has 0 atom stereocenters. The summed E-state index contributed by atoms with van der Waals surface area (Å²) in [6, 6.07) is 33.4. The van der Waals surface area contributed by atoms with Gasteiger partial charge in [-0.1, -0.05) is 119 Å². The Labute approximate surface area is 301 Å². The number of carbonyl (C=O) groups excluding carboxylic acids is 1. The van der Waals surface area contributed by atoms with E-state index in [0.717, 1.165) is 20.9 Å². The summed E-state index contributed by atoms with van der Waals surface area (Å²) in [5.41, 5.74) is 4.78. The van der Waals surface area contributed by atoms with E-state index < -0.39 is 0 Å². The zero-order valence-electron chi connectivity index (χ0n) is 24.9. The highest BCUT2D eigenvalue weighted by molar-refractivity contribution is 8.16. The first-order chi connectivity index (χ1) is 23.3. The summed E-state index contributed by atoms with van der Waals surface area (Å²) < 4.78 is 6.27. The Hall–Kier alpha value is -4.29. The molecule has 5 aromatic rings. The lowest BCUT2D eigenvalue weighted by atomic mass is 9.85. The number of aliphatic hydroxyl groups is 1. The van der Waals surface area contributed by atoms with E-state index in [4.69, 9.17) is 50.8 Å². The average Bonchev–Trinajstić information content (AvgIpc) is 3.10. The number of hydrogen-bond acceptors (Lipinski definition) is 3. The summed E-state index contributed by atoms with van der Waals surface area (Å²) >= 11 is 27.8. The molecule has 1 N–H and O–H groups in total. The normalized spacial score (nSPS) is 15.3. The first kappa shape index (κ1) is 32.3. The standard InChI is InChI=1S/C40H22Cl4O3S/c41-31-13-5-1-9-25(31)35-19-23(20-36(47-35)26-10-2-6-14-32(26)42)17-29-39(45)30(40(29)46)18-24-21-37(27-11-3-7-15-33(27)43)48-38(22-24)28-12-4-8-16-34(28)44/h1-22H/p+1. The Kier molecular flexibility index (Phi) is 9.19. The Bertz CT molecular complexity index is 2170. The van der Waals surface area contributed by atoms with E-state index in [1.165, 1.54) is 11.8 Å². The third-order valence-electron chi connectivity index (χ3n) is 7.81. The number of allylic oxidation sites excluding steroid dienone is 6. The van der Waals surface area contributed by atoms with Crippen LogP contribution in [0, 0.1) is 0 Å². The molecule has 0 amide bonds. The maximum atomic E-state index is 13.6. The molecule has 2 heterocycles. The first-order valence-corrected chi connectivity index (χ1v) is 17.1. The zero-order chi connectivity index (χ0) is 33.4. The fraction of sp³-hybridized carbons (Fsp3) is 0. The molecule has 1 aromatic heterocycles. The molecule has 48 heavy (non-hydrogen) atoms. The number of rotatable bonds is 6. The Balaban J connectivity index is 1.31. The number of aliphatic hydroxyl groups excluding tert-OH is 1. The predicted octanol–water partition coefficient (Wildman–Crippen LogP) is 13.0. The van der Waals surface area contributed by atoms with Gasteiger partial charge >= 0.3 is 11.5 Å². The Morgan fingerprint density at radius 3 is 1.42 bits per heavy atom. The smallest absolute Gasteiger partial charge is 0.362 e. The van der Waals surface area contributed by atoms with Crippen LogP contribution in [0.15, 0.2) is 154 Å². The summed E-state index contributed by atoms with van der Waals surface area (Å²) in [5, 5.41) is 13.5. The molecular formula is C40H23Cl4O3S+. The second-order valence-corrected chi connectivity index (χ2v) is 13.7. The molecule has 0 radical (unpaired) electrons. The summed E-state index contributed by atoms with van der Waals surface area (Å²) in [6.45, 7) is 0. The van der Waals surface area contributed by atoms with Crippen molar-refractivity contribution in [3.63, 3.8) is 0 Å². The quantitative estimate of drug-likeness (QED) is 0.140. The van der Waals surface area contributed by atoms with Gasteiger partial charge in [0.15, 0.2) is 0 Å². The van der Waals surface area contributed by atoms with Crippen molar-refractivity contribution in [2.24, 2.45) is 0 Å². The van der Waals surface area contributed by atoms with Crippen LogP contribution < -0.4 is 0 Å². The van der Waals surface area contributed by atoms with Crippen LogP contribution in [0.2, 0.25) is 20.1 Å². The molecule has 0 saturated heterocycles. The first-order valence-electron chi connectivity index (χ1n) is 14.8. The molecule has 4 aromatic carbocycles. The lowest BCUT2D eigenvalue weighted by molar-refractivity contribution is -0.113. The van der Waals surface area contributed by atoms with Gasteiger partial charge in [-0.15, -0.1) is 0 Å². The van der Waals surface area contributed by atoms with Crippen molar-refractivity contribution in [1.82, 2.24) is 0 Å². The number of benzene rings is 4. The number of thioether (sulfide) groups is 1. The van der Waals surface area contributed by atoms with Crippen molar-refractivity contribution in [3.8, 4) is 22.6 Å². The third-order valence-corrected chi connectivity index (χ3v) is 10.2. The molecule has 0 bridgehead atoms. The van der Waals surface area contributed by atoms with Gasteiger partial charge in [-0.3, -0.25) is 4.79 Å². The van der Waals surface area contributed by atoms with Gasteiger partial charge < -0.3 is 5.11 Å². The molecule has 2 aliphatic rings. The molecule has 0 saturated carbocycles. The Morgan fingerprint density at radius 1 is 0.583 bits per heavy atom. The molecule has 3 nitrogen and oxygen atoms in total. The van der Waals surface area contributed by atoms with Crippen molar-refractivity contribution < 1.29 is 14.3 Å². The number of carbonyl (C=O) groups is 1. The minimum absolute atomic E-state index is 0.106. The van der Waals surface area contributed by atoms with Gasteiger partial charge in [0, 0.05) is 31.0 Å². The van der Waals surface area contributed by atoms with E-state index in [0.29, 0.717) is 53.9 Å². The van der Waals surface area contributed by atoms with E-state index >= 15 is 0 Å². The second-order valence-electron chi connectivity index (χ2n) is 11.0. The van der Waals surface area contributed by atoms with E-state index in [1.807, 2.05) is 97.1 Å². The van der Waals surface area contributed by atoms with Crippen molar-refractivity contribution in [2.75, 3.05) is 0 Å². The van der Waals surface area contributed by atoms with Crippen LogP contribution in [0.1, 0.15) is 16.7 Å². The molecule has 234 valence electrons. The fourth-order valence-corrected chi connectivity index (χ4v) is 7.68. The van der Waals surface area contributed by atoms with Gasteiger partial charge in [0.25, 0.3) is 0 Å². The van der Waals surface area contributed by atoms with E-state index in [-0.39, 0.29) is 22.7 Å². The molecule has 0 spiro atoms. The van der Waals surface area contributed by atoms with Crippen LogP contribution in [0.3, 0.4) is 0 Å². The summed E-state index contributed by atoms with van der Waals surface area (Å²) in [4.78, 5) is 15.4. The number of ketones is 1. The molecule has 1 aliphatic heterocycles. The van der Waals surface area contributed by atoms with Gasteiger partial charge in [-0.2, -0.15) is 0 Å². The number of Topliss-reactive ketones (excluding diaryl/α,β-unsaturated/α-hetero) is 1. The highest BCUT2D eigenvalue weighted by atomic mass is 35.5. The van der Waals surface area contributed by atoms with Gasteiger partial charge in [-0.05, 0) is 71.8 Å². The van der Waals surface area contributed by atoms with E-state index in [9.17, 15) is 9.90 Å². The van der Waals surface area contributed by atoms with E-state index in [1.54, 1.807) is 36.4 Å². The fourth-order valence-electron chi connectivity index (χ4n) is 5.43. The van der Waals surface area contributed by atoms with Crippen molar-refractivity contribution in [2.45, 2.75) is 0 Å². The second kappa shape index (κ2) is 13.7. The number of halogens is 4. The molecule has 1 aliphatic carbocycles. The molecule has 8 heteroatoms. The predicted molar refractivity (Wildman–Crippen MR) is 201 cm³/mol. The van der Waals surface area contributed by atoms with Gasteiger partial charge in [0.2, 0.25) is 5.78 Å². The van der Waals surface area contributed by atoms with Gasteiger partial charge in [0.05, 0.1) is 44.5 Å². The summed E-state index contributed by atoms with van der Waals surface area (Å²) in [5.74, 6) is 0.566. The molecular weight excluding hydrogens is 702 g/mol. The topological polar surface area (TPSA) is 48.6 Å². The lowest BCUT2D eigenvalue weighted by Crippen LogP contribution is -2.21. The highest BCUT2D eigenvalue weighted by Gasteiger charge is 2.33. The molecule has 0 fully saturated rings. The zero-order valence-corrected chi connectivity index (χ0v) is 28.7. The average molecular weight is 726 g/mol. The molecule has 7 rings (SSSR count). The van der Waals surface area contributed by atoms with Crippen molar-refractivity contribution >= 4 is 79.8 Å². The van der Waals surface area contributed by atoms with Gasteiger partial charge in [0.1, 0.15) is 5.76 Å². The highest BCUT2D eigenvalue weighted by Crippen LogP contribution is 2.47. The maximum Gasteiger partial charge on any atom is 0.362 e. The monoisotopic (exact) mass is 723 g/mol. The summed E-state index contributed by atoms with van der Waals surface area (Å²) in [7, 11) is 0. The molecule has 0 unspecified atom stereocenters. The van der Waals surface area contributed by atoms with Crippen LogP contribution in [0.5, 0.6) is 0 Å². The summed E-state index contributed by atoms with van der Waals surface area (Å²) in [6.07, 6.45) is 7.23. The third kappa shape index (κ3) is 6.43. The Morgan fingerprint density at radius 2 is 1.00 bits per heavy atom. The lowest BCUT2D eigenvalue weighted by Gasteiger charge is -2.21. The van der Waals surface area contributed by atoms with Crippen LogP contribution in [-0.2, 0) is 4.79 Å². The van der Waals surface area contributed by atoms with Crippen LogP contribution in [0.25, 0.3) is 38.5 Å². The van der Waals surface area contributed by atoms with Crippen LogP contribution >= 0.6 is 58.2 Å². The van der Waals surface area contributed by atoms with E-state index in [2.05, 4.69) is 0 Å². The minimum Gasteiger partial charge on any atom is -0.506 e. The van der Waals surface area contributed by atoms with Crippen molar-refractivity contribution in [1.29, 1.82) is 0 Å². The largest absolute Gasteiger partial charge is 0.506 e. The maximum absolute atomic E-state index is 13.6. The van der Waals surface area contributed by atoms with Crippen LogP contribution in [-0.4, -0.2) is 10.9 Å². The van der Waals surface area contributed by atoms with Crippen LogP contribution in [0.4, 0.5) is 0 Å². The SMILES string of the molecule is O=C1C(=Cc2cc(-c3ccccc3Cl)[o+]c(-c3ccccc3Cl)c2)C(O)=C1C=C1C=C(c2ccccc2Cl)SC(c2ccccc2Cl)=C1. The minimum atomic E-state index is -0.294. The van der Waals surface area contributed by atoms with Crippen molar-refractivity contribution in [3.05, 3.63) is 187 Å².